The Morgan fingerprint density at radius 1 is 1.33 bits per heavy atom. The molecule has 4 N–H and O–H groups in total. The third-order valence-corrected chi connectivity index (χ3v) is 2.90. The Balaban J connectivity index is 2.42. The maximum atomic E-state index is 9.80. The number of nitrogens with one attached hydrogen (secondary N) is 1. The molecule has 6 nitrogen and oxygen atoms in total. The first-order valence-corrected chi connectivity index (χ1v) is 6.67. The molecule has 0 aromatic rings. The summed E-state index contributed by atoms with van der Waals surface area (Å²) in [4.78, 5) is 8.85. The van der Waals surface area contributed by atoms with Crippen molar-refractivity contribution in [2.45, 2.75) is 32.8 Å². The van der Waals surface area contributed by atoms with Crippen molar-refractivity contribution in [2.24, 2.45) is 10.8 Å². The van der Waals surface area contributed by atoms with Crippen LogP contribution in [0.5, 0.6) is 0 Å². The molecule has 0 bridgehead atoms. The van der Waals surface area contributed by atoms with Crippen LogP contribution in [0, 0.1) is 0 Å². The molecule has 1 aliphatic rings. The third kappa shape index (κ3) is 5.20. The predicted molar refractivity (Wildman–Crippen MR) is 74.2 cm³/mol. The first-order valence-electron chi connectivity index (χ1n) is 6.67. The molecule has 0 spiro atoms. The van der Waals surface area contributed by atoms with Gasteiger partial charge in [-0.05, 0) is 20.3 Å². The van der Waals surface area contributed by atoms with Gasteiger partial charge < -0.3 is 10.0 Å². The van der Waals surface area contributed by atoms with Gasteiger partial charge in [-0.15, -0.1) is 0 Å². The van der Waals surface area contributed by atoms with E-state index in [4.69, 9.17) is 5.84 Å². The van der Waals surface area contributed by atoms with Gasteiger partial charge in [0.25, 0.3) is 0 Å². The number of piperazine rings is 1. The smallest absolute Gasteiger partial charge is 0.208 e. The van der Waals surface area contributed by atoms with E-state index in [0.717, 1.165) is 45.1 Å². The second kappa shape index (κ2) is 6.92. The Morgan fingerprint density at radius 3 is 2.39 bits per heavy atom. The molecule has 1 fully saturated rings. The van der Waals surface area contributed by atoms with Crippen LogP contribution in [-0.2, 0) is 0 Å². The van der Waals surface area contributed by atoms with E-state index >= 15 is 0 Å². The lowest BCUT2D eigenvalue weighted by Crippen LogP contribution is -2.55. The highest BCUT2D eigenvalue weighted by molar-refractivity contribution is 5.79. The molecule has 0 aromatic heterocycles. The van der Waals surface area contributed by atoms with E-state index in [1.807, 2.05) is 13.8 Å². The Labute approximate surface area is 110 Å². The molecule has 6 heteroatoms. The zero-order valence-electron chi connectivity index (χ0n) is 11.8. The summed E-state index contributed by atoms with van der Waals surface area (Å²) in [7, 11) is 0. The van der Waals surface area contributed by atoms with Gasteiger partial charge in [0, 0.05) is 39.3 Å². The lowest BCUT2D eigenvalue weighted by atomic mass is 10.1. The summed E-state index contributed by atoms with van der Waals surface area (Å²) in [6.07, 6.45) is 1.02. The topological polar surface area (TPSA) is 77.1 Å². The fraction of sp³-hybridized carbons (Fsp3) is 0.917. The quantitative estimate of drug-likeness (QED) is 0.277. The monoisotopic (exact) mass is 257 g/mol. The Bertz CT molecular complexity index is 266. The van der Waals surface area contributed by atoms with Gasteiger partial charge in [0.1, 0.15) is 0 Å². The average molecular weight is 257 g/mol. The van der Waals surface area contributed by atoms with Crippen molar-refractivity contribution in [1.82, 2.24) is 15.2 Å². The van der Waals surface area contributed by atoms with Crippen LogP contribution in [-0.4, -0.2) is 65.7 Å². The normalized spacial score (nSPS) is 19.2. The Morgan fingerprint density at radius 2 is 1.94 bits per heavy atom. The van der Waals surface area contributed by atoms with Gasteiger partial charge in [-0.3, -0.25) is 15.3 Å². The number of nitrogens with two attached hydrogens (primary N) is 1. The summed E-state index contributed by atoms with van der Waals surface area (Å²) in [6, 6.07) is 0. The van der Waals surface area contributed by atoms with E-state index < -0.39 is 5.60 Å². The predicted octanol–water partition coefficient (Wildman–Crippen LogP) is -0.396. The number of nitrogens with zero attached hydrogens (tertiary/aromatic N) is 3. The molecule has 0 saturated carbocycles. The molecule has 1 rings (SSSR count). The lowest BCUT2D eigenvalue weighted by Gasteiger charge is -2.38. The van der Waals surface area contributed by atoms with Crippen LogP contribution in [0.15, 0.2) is 4.99 Å². The molecular formula is C12H27N5O. The van der Waals surface area contributed by atoms with E-state index in [9.17, 15) is 5.11 Å². The van der Waals surface area contributed by atoms with E-state index in [0.29, 0.717) is 6.54 Å². The van der Waals surface area contributed by atoms with Gasteiger partial charge in [-0.25, -0.2) is 5.84 Å². The van der Waals surface area contributed by atoms with Crippen molar-refractivity contribution in [3.63, 3.8) is 0 Å². The number of aliphatic imine (C=N–C) groups is 1. The van der Waals surface area contributed by atoms with Crippen LogP contribution in [0.3, 0.4) is 0 Å². The molecule has 0 unspecified atom stereocenters. The molecule has 0 atom stereocenters. The molecule has 1 heterocycles. The zero-order valence-corrected chi connectivity index (χ0v) is 11.8. The SMILES string of the molecule is CCCN=C(NN)N1CCN(CC(C)(C)O)CC1. The summed E-state index contributed by atoms with van der Waals surface area (Å²) >= 11 is 0. The molecule has 0 radical (unpaired) electrons. The van der Waals surface area contributed by atoms with Gasteiger partial charge in [0.15, 0.2) is 0 Å². The highest BCUT2D eigenvalue weighted by atomic mass is 16.3. The van der Waals surface area contributed by atoms with Crippen LogP contribution in [0.1, 0.15) is 27.2 Å². The summed E-state index contributed by atoms with van der Waals surface area (Å²) in [5.74, 6) is 6.28. The van der Waals surface area contributed by atoms with E-state index in [2.05, 4.69) is 27.1 Å². The van der Waals surface area contributed by atoms with Crippen molar-refractivity contribution >= 4 is 5.96 Å². The maximum absolute atomic E-state index is 9.80. The minimum absolute atomic E-state index is 0.632. The first-order chi connectivity index (χ1) is 8.46. The number of hydrogen-bond acceptors (Lipinski definition) is 4. The number of hydrazine groups is 1. The number of aliphatic hydroxyl groups is 1. The molecule has 0 amide bonds. The Hall–Kier alpha value is -0.850. The number of rotatable bonds is 4. The molecule has 1 aliphatic heterocycles. The van der Waals surface area contributed by atoms with Crippen molar-refractivity contribution in [3.8, 4) is 0 Å². The first kappa shape index (κ1) is 15.2. The van der Waals surface area contributed by atoms with Crippen LogP contribution >= 0.6 is 0 Å². The standard InChI is InChI=1S/C12H27N5O/c1-4-5-14-11(15-13)17-8-6-16(7-9-17)10-12(2,3)18/h18H,4-10,13H2,1-3H3,(H,14,15). The minimum atomic E-state index is -0.632. The second-order valence-corrected chi connectivity index (χ2v) is 5.43. The zero-order chi connectivity index (χ0) is 13.6. The van der Waals surface area contributed by atoms with Gasteiger partial charge >= 0.3 is 0 Å². The van der Waals surface area contributed by atoms with Crippen molar-refractivity contribution < 1.29 is 5.11 Å². The highest BCUT2D eigenvalue weighted by Crippen LogP contribution is 2.08. The number of guanidine groups is 1. The third-order valence-electron chi connectivity index (χ3n) is 2.90. The molecule has 1 saturated heterocycles. The summed E-state index contributed by atoms with van der Waals surface area (Å²) in [5.41, 5.74) is 2.05. The van der Waals surface area contributed by atoms with Gasteiger partial charge in [0.05, 0.1) is 5.60 Å². The number of β-amino-alcohol motifs (C(OH)–C–C–N with tert-alkyl or cyclic N) is 1. The molecule has 18 heavy (non-hydrogen) atoms. The van der Waals surface area contributed by atoms with E-state index in [1.54, 1.807) is 0 Å². The van der Waals surface area contributed by atoms with Crippen LogP contribution in [0.2, 0.25) is 0 Å². The van der Waals surface area contributed by atoms with Crippen LogP contribution < -0.4 is 11.3 Å². The molecular weight excluding hydrogens is 230 g/mol. The molecule has 106 valence electrons. The van der Waals surface area contributed by atoms with Crippen molar-refractivity contribution in [3.05, 3.63) is 0 Å². The highest BCUT2D eigenvalue weighted by Gasteiger charge is 2.23. The average Bonchev–Trinajstić information content (AvgIpc) is 2.30. The summed E-state index contributed by atoms with van der Waals surface area (Å²) < 4.78 is 0. The Kier molecular flexibility index (Phi) is 5.84. The van der Waals surface area contributed by atoms with Crippen molar-refractivity contribution in [1.29, 1.82) is 0 Å². The summed E-state index contributed by atoms with van der Waals surface area (Å²) in [6.45, 7) is 10.9. The van der Waals surface area contributed by atoms with Gasteiger partial charge in [0.2, 0.25) is 5.96 Å². The van der Waals surface area contributed by atoms with Gasteiger partial charge in [-0.1, -0.05) is 6.92 Å². The van der Waals surface area contributed by atoms with Crippen molar-refractivity contribution in [2.75, 3.05) is 39.3 Å². The van der Waals surface area contributed by atoms with Gasteiger partial charge in [-0.2, -0.15) is 0 Å². The van der Waals surface area contributed by atoms with Crippen LogP contribution in [0.4, 0.5) is 0 Å². The second-order valence-electron chi connectivity index (χ2n) is 5.43. The number of hydrogen-bond donors (Lipinski definition) is 3. The minimum Gasteiger partial charge on any atom is -0.389 e. The molecule has 0 aromatic carbocycles. The largest absolute Gasteiger partial charge is 0.389 e. The molecule has 0 aliphatic carbocycles. The van der Waals surface area contributed by atoms with Crippen LogP contribution in [0.25, 0.3) is 0 Å². The summed E-state index contributed by atoms with van der Waals surface area (Å²) in [5, 5.41) is 9.80. The fourth-order valence-corrected chi connectivity index (χ4v) is 2.12. The van der Waals surface area contributed by atoms with E-state index in [-0.39, 0.29) is 0 Å². The maximum Gasteiger partial charge on any atom is 0.208 e. The van der Waals surface area contributed by atoms with E-state index in [1.165, 1.54) is 0 Å². The fourth-order valence-electron chi connectivity index (χ4n) is 2.12. The lowest BCUT2D eigenvalue weighted by molar-refractivity contribution is 0.0248.